The Bertz CT molecular complexity index is 419. The number of nitrogens with two attached hydrogens (primary N) is 1. The number of aryl methyl sites for hydroxylation is 1. The molecular formula is C12H17ClN2O2. The SMILES string of the molecule is Cc1cc(OCC(C)(C)C(=O)NN)ccc1Cl. The minimum Gasteiger partial charge on any atom is -0.492 e. The molecule has 0 aliphatic carbocycles. The molecule has 1 rings (SSSR count). The van der Waals surface area contributed by atoms with Crippen LogP contribution in [0.3, 0.4) is 0 Å². The van der Waals surface area contributed by atoms with Crippen LogP contribution in [-0.2, 0) is 4.79 Å². The number of carbonyl (C=O) groups is 1. The first-order valence-electron chi connectivity index (χ1n) is 5.27. The zero-order valence-corrected chi connectivity index (χ0v) is 11.0. The smallest absolute Gasteiger partial charge is 0.242 e. The maximum absolute atomic E-state index is 11.4. The van der Waals surface area contributed by atoms with E-state index in [0.29, 0.717) is 10.8 Å². The first-order valence-corrected chi connectivity index (χ1v) is 5.64. The molecule has 3 N–H and O–H groups in total. The number of carbonyl (C=O) groups excluding carboxylic acids is 1. The third kappa shape index (κ3) is 3.61. The van der Waals surface area contributed by atoms with Gasteiger partial charge in [0, 0.05) is 5.02 Å². The van der Waals surface area contributed by atoms with Gasteiger partial charge in [-0.15, -0.1) is 0 Å². The summed E-state index contributed by atoms with van der Waals surface area (Å²) in [6.07, 6.45) is 0. The Morgan fingerprint density at radius 1 is 1.53 bits per heavy atom. The second-order valence-corrected chi connectivity index (χ2v) is 4.96. The molecule has 0 radical (unpaired) electrons. The van der Waals surface area contributed by atoms with Gasteiger partial charge in [0.2, 0.25) is 5.91 Å². The Kier molecular flexibility index (Phi) is 4.37. The van der Waals surface area contributed by atoms with E-state index in [-0.39, 0.29) is 12.5 Å². The molecule has 17 heavy (non-hydrogen) atoms. The highest BCUT2D eigenvalue weighted by Crippen LogP contribution is 2.23. The lowest BCUT2D eigenvalue weighted by Gasteiger charge is -2.22. The van der Waals surface area contributed by atoms with Crippen LogP contribution < -0.4 is 16.0 Å². The fourth-order valence-corrected chi connectivity index (χ4v) is 1.35. The highest BCUT2D eigenvalue weighted by Gasteiger charge is 2.27. The van der Waals surface area contributed by atoms with E-state index in [1.54, 1.807) is 26.0 Å². The van der Waals surface area contributed by atoms with Crippen LogP contribution in [0.25, 0.3) is 0 Å². The summed E-state index contributed by atoms with van der Waals surface area (Å²) in [5.41, 5.74) is 2.38. The third-order valence-electron chi connectivity index (χ3n) is 2.47. The molecule has 0 fully saturated rings. The lowest BCUT2D eigenvalue weighted by molar-refractivity contribution is -0.130. The van der Waals surface area contributed by atoms with E-state index in [2.05, 4.69) is 5.43 Å². The number of hydrazine groups is 1. The van der Waals surface area contributed by atoms with Crippen LogP contribution in [0.15, 0.2) is 18.2 Å². The summed E-state index contributed by atoms with van der Waals surface area (Å²) in [4.78, 5) is 11.4. The Balaban J connectivity index is 2.67. The Hall–Kier alpha value is -1.26. The first-order chi connectivity index (χ1) is 7.86. The van der Waals surface area contributed by atoms with Gasteiger partial charge in [0.1, 0.15) is 12.4 Å². The van der Waals surface area contributed by atoms with Gasteiger partial charge in [-0.05, 0) is 44.5 Å². The number of nitrogens with one attached hydrogen (secondary N) is 1. The number of benzene rings is 1. The van der Waals surface area contributed by atoms with Crippen LogP contribution in [0.4, 0.5) is 0 Å². The van der Waals surface area contributed by atoms with Gasteiger partial charge in [0.25, 0.3) is 0 Å². The normalized spacial score (nSPS) is 11.1. The first kappa shape index (κ1) is 13.8. The number of rotatable bonds is 4. The summed E-state index contributed by atoms with van der Waals surface area (Å²) in [6, 6.07) is 5.37. The van der Waals surface area contributed by atoms with Crippen molar-refractivity contribution in [3.63, 3.8) is 0 Å². The van der Waals surface area contributed by atoms with Crippen molar-refractivity contribution in [2.45, 2.75) is 20.8 Å². The number of halogens is 1. The van der Waals surface area contributed by atoms with Crippen LogP contribution in [0.5, 0.6) is 5.75 Å². The molecule has 0 aliphatic rings. The molecule has 0 aromatic heterocycles. The van der Waals surface area contributed by atoms with Crippen molar-refractivity contribution in [2.75, 3.05) is 6.61 Å². The van der Waals surface area contributed by atoms with E-state index in [0.717, 1.165) is 5.56 Å². The fourth-order valence-electron chi connectivity index (χ4n) is 1.23. The van der Waals surface area contributed by atoms with Gasteiger partial charge in [0.05, 0.1) is 5.41 Å². The maximum atomic E-state index is 11.4. The van der Waals surface area contributed by atoms with Crippen molar-refractivity contribution < 1.29 is 9.53 Å². The molecular weight excluding hydrogens is 240 g/mol. The van der Waals surface area contributed by atoms with Gasteiger partial charge >= 0.3 is 0 Å². The van der Waals surface area contributed by atoms with Crippen LogP contribution in [-0.4, -0.2) is 12.5 Å². The van der Waals surface area contributed by atoms with Crippen LogP contribution >= 0.6 is 11.6 Å². The zero-order chi connectivity index (χ0) is 13.1. The molecule has 0 bridgehead atoms. The highest BCUT2D eigenvalue weighted by atomic mass is 35.5. The Morgan fingerprint density at radius 3 is 2.71 bits per heavy atom. The second-order valence-electron chi connectivity index (χ2n) is 4.56. The maximum Gasteiger partial charge on any atom is 0.242 e. The van der Waals surface area contributed by atoms with Crippen LogP contribution in [0.1, 0.15) is 19.4 Å². The predicted molar refractivity (Wildman–Crippen MR) is 67.8 cm³/mol. The molecule has 0 saturated heterocycles. The summed E-state index contributed by atoms with van der Waals surface area (Å²) in [7, 11) is 0. The summed E-state index contributed by atoms with van der Waals surface area (Å²) < 4.78 is 5.55. The Morgan fingerprint density at radius 2 is 2.18 bits per heavy atom. The number of ether oxygens (including phenoxy) is 1. The monoisotopic (exact) mass is 256 g/mol. The minimum absolute atomic E-state index is 0.247. The van der Waals surface area contributed by atoms with Gasteiger partial charge < -0.3 is 4.74 Å². The number of amides is 1. The van der Waals surface area contributed by atoms with Gasteiger partial charge in [-0.25, -0.2) is 5.84 Å². The third-order valence-corrected chi connectivity index (χ3v) is 2.90. The molecule has 94 valence electrons. The number of hydrogen-bond acceptors (Lipinski definition) is 3. The van der Waals surface area contributed by atoms with E-state index >= 15 is 0 Å². The lowest BCUT2D eigenvalue weighted by Crippen LogP contribution is -2.44. The average molecular weight is 257 g/mol. The molecule has 1 aromatic rings. The predicted octanol–water partition coefficient (Wildman–Crippen LogP) is 2.04. The van der Waals surface area contributed by atoms with Gasteiger partial charge in [-0.2, -0.15) is 0 Å². The second kappa shape index (κ2) is 5.38. The van der Waals surface area contributed by atoms with Crippen LogP contribution in [0.2, 0.25) is 5.02 Å². The van der Waals surface area contributed by atoms with Crippen molar-refractivity contribution in [3.05, 3.63) is 28.8 Å². The molecule has 0 atom stereocenters. The topological polar surface area (TPSA) is 64.3 Å². The van der Waals surface area contributed by atoms with Crippen molar-refractivity contribution in [2.24, 2.45) is 11.3 Å². The molecule has 0 saturated carbocycles. The average Bonchev–Trinajstić information content (AvgIpc) is 2.29. The summed E-state index contributed by atoms with van der Waals surface area (Å²) >= 11 is 5.91. The molecule has 1 amide bonds. The fraction of sp³-hybridized carbons (Fsp3) is 0.417. The standard InChI is InChI=1S/C12H17ClN2O2/c1-8-6-9(4-5-10(8)13)17-7-12(2,3)11(16)15-14/h4-6H,7,14H2,1-3H3,(H,15,16). The van der Waals surface area contributed by atoms with Crippen molar-refractivity contribution in [1.82, 2.24) is 5.43 Å². The molecule has 1 aromatic carbocycles. The highest BCUT2D eigenvalue weighted by molar-refractivity contribution is 6.31. The van der Waals surface area contributed by atoms with E-state index in [1.807, 2.05) is 13.0 Å². The van der Waals surface area contributed by atoms with Gasteiger partial charge in [-0.1, -0.05) is 11.6 Å². The van der Waals surface area contributed by atoms with E-state index in [1.165, 1.54) is 0 Å². The molecule has 5 heteroatoms. The molecule has 0 unspecified atom stereocenters. The largest absolute Gasteiger partial charge is 0.492 e. The summed E-state index contributed by atoms with van der Waals surface area (Å²) in [5.74, 6) is 5.52. The molecule has 0 heterocycles. The van der Waals surface area contributed by atoms with Crippen molar-refractivity contribution in [3.8, 4) is 5.75 Å². The van der Waals surface area contributed by atoms with E-state index < -0.39 is 5.41 Å². The minimum atomic E-state index is -0.678. The van der Waals surface area contributed by atoms with Gasteiger partial charge in [0.15, 0.2) is 0 Å². The quantitative estimate of drug-likeness (QED) is 0.492. The van der Waals surface area contributed by atoms with Crippen LogP contribution in [0, 0.1) is 12.3 Å². The van der Waals surface area contributed by atoms with Crippen molar-refractivity contribution in [1.29, 1.82) is 0 Å². The molecule has 0 spiro atoms. The van der Waals surface area contributed by atoms with Gasteiger partial charge in [-0.3, -0.25) is 10.2 Å². The zero-order valence-electron chi connectivity index (χ0n) is 10.2. The number of hydrogen-bond donors (Lipinski definition) is 2. The van der Waals surface area contributed by atoms with E-state index in [4.69, 9.17) is 22.2 Å². The molecule has 4 nitrogen and oxygen atoms in total. The lowest BCUT2D eigenvalue weighted by atomic mass is 9.94. The molecule has 0 aliphatic heterocycles. The summed E-state index contributed by atoms with van der Waals surface area (Å²) in [6.45, 7) is 5.67. The summed E-state index contributed by atoms with van der Waals surface area (Å²) in [5, 5.41) is 0.691. The Labute approximate surface area is 106 Å². The van der Waals surface area contributed by atoms with Crippen molar-refractivity contribution >= 4 is 17.5 Å². The van der Waals surface area contributed by atoms with E-state index in [9.17, 15) is 4.79 Å².